The number of benzene rings is 3. The van der Waals surface area contributed by atoms with Gasteiger partial charge in [0.05, 0.1) is 23.4 Å². The molecule has 0 bridgehead atoms. The van der Waals surface area contributed by atoms with Crippen molar-refractivity contribution < 1.29 is 28.7 Å². The van der Waals surface area contributed by atoms with Gasteiger partial charge in [-0.15, -0.1) is 0 Å². The number of rotatable bonds is 10. The molecule has 0 unspecified atom stereocenters. The van der Waals surface area contributed by atoms with Crippen molar-refractivity contribution in [3.8, 4) is 11.5 Å². The van der Waals surface area contributed by atoms with Crippen LogP contribution in [0.2, 0.25) is 0 Å². The minimum absolute atomic E-state index is 0.0263. The highest BCUT2D eigenvalue weighted by molar-refractivity contribution is 6.21. The number of hydrogen-bond donors (Lipinski definition) is 1. The van der Waals surface area contributed by atoms with Crippen LogP contribution in [0.5, 0.6) is 11.5 Å². The first-order valence-corrected chi connectivity index (χ1v) is 12.9. The van der Waals surface area contributed by atoms with Crippen molar-refractivity contribution >= 4 is 35.0 Å². The van der Waals surface area contributed by atoms with Crippen LogP contribution in [-0.4, -0.2) is 54.8 Å². The number of imide groups is 1. The number of nitrogens with zero attached hydrogens (tertiary/aromatic N) is 2. The Morgan fingerprint density at radius 3 is 2.33 bits per heavy atom. The van der Waals surface area contributed by atoms with Crippen LogP contribution in [0.25, 0.3) is 0 Å². The third kappa shape index (κ3) is 5.77. The fourth-order valence-electron chi connectivity index (χ4n) is 4.60. The highest BCUT2D eigenvalue weighted by Crippen LogP contribution is 2.35. The van der Waals surface area contributed by atoms with Gasteiger partial charge in [-0.2, -0.15) is 0 Å². The summed E-state index contributed by atoms with van der Waals surface area (Å²) in [4.78, 5) is 53.1. The topological polar surface area (TPSA) is 105 Å². The molecule has 4 amide bonds. The van der Waals surface area contributed by atoms with E-state index in [2.05, 4.69) is 5.32 Å². The molecule has 0 radical (unpaired) electrons. The van der Waals surface area contributed by atoms with Crippen molar-refractivity contribution in [2.24, 2.45) is 0 Å². The van der Waals surface area contributed by atoms with E-state index in [9.17, 15) is 19.2 Å². The fourth-order valence-corrected chi connectivity index (χ4v) is 4.60. The Morgan fingerprint density at radius 2 is 1.62 bits per heavy atom. The lowest BCUT2D eigenvalue weighted by Gasteiger charge is -2.30. The number of ether oxygens (including phenoxy) is 2. The van der Waals surface area contributed by atoms with Gasteiger partial charge < -0.3 is 19.7 Å². The molecule has 2 aliphatic heterocycles. The van der Waals surface area contributed by atoms with Crippen LogP contribution in [0.3, 0.4) is 0 Å². The summed E-state index contributed by atoms with van der Waals surface area (Å²) in [6, 6.07) is 19.6. The highest BCUT2D eigenvalue weighted by Gasteiger charge is 2.35. The van der Waals surface area contributed by atoms with E-state index in [-0.39, 0.29) is 31.4 Å². The smallest absolute Gasteiger partial charge is 0.265 e. The number of hydrogen-bond acceptors (Lipinski definition) is 6. The second kappa shape index (κ2) is 11.4. The van der Waals surface area contributed by atoms with E-state index in [1.54, 1.807) is 47.4 Å². The molecule has 0 spiro atoms. The molecule has 0 fully saturated rings. The summed E-state index contributed by atoms with van der Waals surface area (Å²) in [6.07, 6.45) is 1.44. The molecule has 9 nitrogen and oxygen atoms in total. The van der Waals surface area contributed by atoms with E-state index < -0.39 is 11.8 Å². The largest absolute Gasteiger partial charge is 0.494 e. The number of unbranched alkanes of at least 4 members (excludes halogenated alkanes) is 1. The third-order valence-electron chi connectivity index (χ3n) is 6.69. The maximum atomic E-state index is 12.7. The van der Waals surface area contributed by atoms with Crippen molar-refractivity contribution in [1.29, 1.82) is 0 Å². The Kier molecular flexibility index (Phi) is 7.58. The zero-order chi connectivity index (χ0) is 27.4. The Balaban J connectivity index is 1.15. The van der Waals surface area contributed by atoms with Crippen LogP contribution in [0.4, 0.5) is 11.4 Å². The van der Waals surface area contributed by atoms with Gasteiger partial charge in [0.1, 0.15) is 11.5 Å². The molecule has 1 N–H and O–H groups in total. The molecule has 200 valence electrons. The highest BCUT2D eigenvalue weighted by atomic mass is 16.5. The molecule has 3 aromatic carbocycles. The normalized spacial score (nSPS) is 14.1. The summed E-state index contributed by atoms with van der Waals surface area (Å²) in [5.74, 6) is 0.0808. The molecule has 9 heteroatoms. The molecular weight excluding hydrogens is 498 g/mol. The monoisotopic (exact) mass is 527 g/mol. The molecule has 39 heavy (non-hydrogen) atoms. The first kappa shape index (κ1) is 26.0. The maximum absolute atomic E-state index is 12.7. The van der Waals surface area contributed by atoms with Crippen molar-refractivity contribution in [2.45, 2.75) is 26.2 Å². The Morgan fingerprint density at radius 1 is 0.897 bits per heavy atom. The van der Waals surface area contributed by atoms with Crippen LogP contribution < -0.4 is 19.7 Å². The van der Waals surface area contributed by atoms with Crippen LogP contribution in [0.1, 0.15) is 45.5 Å². The molecule has 0 atom stereocenters. The van der Waals surface area contributed by atoms with Crippen LogP contribution in [-0.2, 0) is 9.59 Å². The second-order valence-corrected chi connectivity index (χ2v) is 9.49. The van der Waals surface area contributed by atoms with Crippen molar-refractivity contribution in [2.75, 3.05) is 36.5 Å². The molecule has 5 rings (SSSR count). The lowest BCUT2D eigenvalue weighted by Crippen LogP contribution is -2.39. The Labute approximate surface area is 226 Å². The van der Waals surface area contributed by atoms with E-state index in [0.29, 0.717) is 41.4 Å². The van der Waals surface area contributed by atoms with Gasteiger partial charge in [-0.05, 0) is 62.2 Å². The van der Waals surface area contributed by atoms with Gasteiger partial charge in [0.25, 0.3) is 17.7 Å². The zero-order valence-corrected chi connectivity index (χ0v) is 21.6. The number of carbonyl (C=O) groups is 4. The number of aryl methyl sites for hydroxylation is 1. The Bertz CT molecular complexity index is 1380. The molecule has 2 aliphatic rings. The van der Waals surface area contributed by atoms with Gasteiger partial charge in [0.15, 0.2) is 6.61 Å². The van der Waals surface area contributed by atoms with Gasteiger partial charge in [0, 0.05) is 25.2 Å². The fraction of sp³-hybridized carbons (Fsp3) is 0.267. The summed E-state index contributed by atoms with van der Waals surface area (Å²) in [6.45, 7) is 2.98. The number of amides is 4. The average Bonchev–Trinajstić information content (AvgIpc) is 3.18. The van der Waals surface area contributed by atoms with Gasteiger partial charge in [-0.1, -0.05) is 29.8 Å². The van der Waals surface area contributed by atoms with Crippen molar-refractivity contribution in [3.05, 3.63) is 83.4 Å². The first-order chi connectivity index (χ1) is 18.9. The molecule has 0 aromatic heterocycles. The molecule has 0 saturated heterocycles. The van der Waals surface area contributed by atoms with E-state index in [0.717, 1.165) is 23.5 Å². The summed E-state index contributed by atoms with van der Waals surface area (Å²) >= 11 is 0. The predicted molar refractivity (Wildman–Crippen MR) is 145 cm³/mol. The summed E-state index contributed by atoms with van der Waals surface area (Å²) < 4.78 is 11.4. The van der Waals surface area contributed by atoms with Gasteiger partial charge in [-0.25, -0.2) is 0 Å². The average molecular weight is 528 g/mol. The SMILES string of the molecule is Cc1ccc(OCCCCN2C(=O)COc3ccc(NC(=O)CCN4C(=O)c5ccccc5C4=O)cc32)cc1. The van der Waals surface area contributed by atoms with E-state index in [1.807, 2.05) is 31.2 Å². The predicted octanol–water partition coefficient (Wildman–Crippen LogP) is 4.20. The van der Waals surface area contributed by atoms with Gasteiger partial charge in [0.2, 0.25) is 5.91 Å². The second-order valence-electron chi connectivity index (χ2n) is 9.49. The maximum Gasteiger partial charge on any atom is 0.265 e. The minimum Gasteiger partial charge on any atom is -0.494 e. The number of carbonyl (C=O) groups excluding carboxylic acids is 4. The van der Waals surface area contributed by atoms with Gasteiger partial charge in [-0.3, -0.25) is 24.1 Å². The number of nitrogens with one attached hydrogen (secondary N) is 1. The van der Waals surface area contributed by atoms with E-state index in [4.69, 9.17) is 9.47 Å². The molecule has 2 heterocycles. The summed E-state index contributed by atoms with van der Waals surface area (Å²) in [5, 5.41) is 2.80. The van der Waals surface area contributed by atoms with Crippen LogP contribution in [0.15, 0.2) is 66.7 Å². The third-order valence-corrected chi connectivity index (χ3v) is 6.69. The van der Waals surface area contributed by atoms with E-state index in [1.165, 1.54) is 5.56 Å². The molecular formula is C30H29N3O6. The summed E-state index contributed by atoms with van der Waals surface area (Å²) in [7, 11) is 0. The first-order valence-electron chi connectivity index (χ1n) is 12.9. The lowest BCUT2D eigenvalue weighted by molar-refractivity contribution is -0.121. The van der Waals surface area contributed by atoms with Gasteiger partial charge >= 0.3 is 0 Å². The van der Waals surface area contributed by atoms with Crippen molar-refractivity contribution in [1.82, 2.24) is 4.90 Å². The quantitative estimate of drug-likeness (QED) is 0.313. The Hall–Kier alpha value is -4.66. The molecule has 0 aliphatic carbocycles. The zero-order valence-electron chi connectivity index (χ0n) is 21.6. The minimum atomic E-state index is -0.396. The number of anilines is 2. The lowest BCUT2D eigenvalue weighted by atomic mass is 10.1. The summed E-state index contributed by atoms with van der Waals surface area (Å²) in [5.41, 5.74) is 2.95. The number of fused-ring (bicyclic) bond motifs is 2. The van der Waals surface area contributed by atoms with Crippen molar-refractivity contribution in [3.63, 3.8) is 0 Å². The molecule has 0 saturated carbocycles. The van der Waals surface area contributed by atoms with Crippen LogP contribution >= 0.6 is 0 Å². The van der Waals surface area contributed by atoms with Crippen LogP contribution in [0, 0.1) is 6.92 Å². The van der Waals surface area contributed by atoms with E-state index >= 15 is 0 Å². The standard InChI is InChI=1S/C30H29N3O6/c1-20-8-11-22(12-9-20)38-17-5-4-15-32-25-18-21(10-13-26(25)39-19-28(32)35)31-27(34)14-16-33-29(36)23-6-2-3-7-24(23)30(33)37/h2-3,6-13,18H,4-5,14-17,19H2,1H3,(H,31,34). The molecule has 3 aromatic rings.